The molecular weight excluding hydrogens is 424 g/mol. The zero-order valence-electron chi connectivity index (χ0n) is 18.4. The molecule has 7 heteroatoms. The van der Waals surface area contributed by atoms with E-state index in [1.165, 1.54) is 0 Å². The van der Waals surface area contributed by atoms with E-state index in [9.17, 15) is 5.11 Å². The molecule has 0 spiro atoms. The van der Waals surface area contributed by atoms with E-state index < -0.39 is 5.60 Å². The zero-order chi connectivity index (χ0) is 23.3. The van der Waals surface area contributed by atoms with Crippen LogP contribution in [0.25, 0.3) is 17.0 Å². The molecule has 0 unspecified atom stereocenters. The van der Waals surface area contributed by atoms with Gasteiger partial charge in [0.2, 0.25) is 0 Å². The smallest absolute Gasteiger partial charge is 0.194 e. The number of aromatic nitrogens is 1. The summed E-state index contributed by atoms with van der Waals surface area (Å²) in [5.74, 6) is 1.79. The van der Waals surface area contributed by atoms with Gasteiger partial charge in [0.1, 0.15) is 11.4 Å². The van der Waals surface area contributed by atoms with Crippen LogP contribution in [0.5, 0.6) is 0 Å². The maximum atomic E-state index is 10.6. The molecule has 4 N–H and O–H groups in total. The number of aliphatic hydroxyl groups is 1. The van der Waals surface area contributed by atoms with E-state index in [-0.39, 0.29) is 0 Å². The van der Waals surface area contributed by atoms with Crippen molar-refractivity contribution in [1.29, 1.82) is 0 Å². The molecule has 166 valence electrons. The highest BCUT2D eigenvalue weighted by atomic mass is 35.5. The van der Waals surface area contributed by atoms with E-state index in [0.29, 0.717) is 28.1 Å². The van der Waals surface area contributed by atoms with Crippen molar-refractivity contribution in [2.75, 3.05) is 5.32 Å². The van der Waals surface area contributed by atoms with Gasteiger partial charge >= 0.3 is 0 Å². The number of rotatable bonds is 8. The monoisotopic (exact) mass is 450 g/mol. The summed E-state index contributed by atoms with van der Waals surface area (Å²) < 4.78 is 5.69. The fourth-order valence-electron chi connectivity index (χ4n) is 2.88. The molecule has 1 aromatic heterocycles. The standard InChI is InChI=1S/C25H27ClN4O2/c1-5-24-28-15-22(32-24)18-8-12-20(13-9-18)29-16(2)30-23(25(3,4)31)14-21(27)17-6-10-19(26)11-7-17/h6-15,29,31H,2,5,27H2,1,3-4H3/b21-14-,30-23?. The van der Waals surface area contributed by atoms with Crippen LogP contribution >= 0.6 is 11.6 Å². The Bertz CT molecular complexity index is 1140. The maximum Gasteiger partial charge on any atom is 0.194 e. The van der Waals surface area contributed by atoms with Crippen molar-refractivity contribution >= 4 is 28.7 Å². The molecule has 32 heavy (non-hydrogen) atoms. The van der Waals surface area contributed by atoms with Gasteiger partial charge in [0.25, 0.3) is 0 Å². The summed E-state index contributed by atoms with van der Waals surface area (Å²) >= 11 is 5.94. The summed E-state index contributed by atoms with van der Waals surface area (Å²) in [4.78, 5) is 8.70. The summed E-state index contributed by atoms with van der Waals surface area (Å²) in [6.45, 7) is 9.24. The number of nitrogens with one attached hydrogen (secondary N) is 1. The van der Waals surface area contributed by atoms with Crippen LogP contribution in [0, 0.1) is 0 Å². The van der Waals surface area contributed by atoms with Crippen molar-refractivity contribution in [3.63, 3.8) is 0 Å². The van der Waals surface area contributed by atoms with Crippen molar-refractivity contribution in [1.82, 2.24) is 4.98 Å². The molecule has 0 atom stereocenters. The molecule has 0 amide bonds. The molecule has 0 radical (unpaired) electrons. The van der Waals surface area contributed by atoms with Crippen LogP contribution in [0.3, 0.4) is 0 Å². The van der Waals surface area contributed by atoms with Gasteiger partial charge in [0, 0.05) is 28.4 Å². The Kier molecular flexibility index (Phi) is 7.18. The number of aryl methyl sites for hydroxylation is 1. The fraction of sp³-hybridized carbons (Fsp3) is 0.200. The molecule has 0 aliphatic rings. The molecule has 3 aromatic rings. The van der Waals surface area contributed by atoms with Crippen molar-refractivity contribution < 1.29 is 9.52 Å². The second-order valence-corrected chi connectivity index (χ2v) is 8.22. The average molecular weight is 451 g/mol. The molecule has 2 aromatic carbocycles. The molecule has 0 saturated carbocycles. The number of nitrogens with zero attached hydrogens (tertiary/aromatic N) is 2. The third-order valence-corrected chi connectivity index (χ3v) is 4.92. The van der Waals surface area contributed by atoms with Crippen LogP contribution in [-0.2, 0) is 6.42 Å². The number of oxazole rings is 1. The first-order valence-electron chi connectivity index (χ1n) is 10.2. The molecule has 0 aliphatic carbocycles. The molecule has 0 fully saturated rings. The van der Waals surface area contributed by atoms with Crippen molar-refractivity contribution in [3.8, 4) is 11.3 Å². The number of aliphatic imine (C=N–C) groups is 1. The predicted octanol–water partition coefficient (Wildman–Crippen LogP) is 5.65. The summed E-state index contributed by atoms with van der Waals surface area (Å²) in [6.07, 6.45) is 4.10. The number of benzene rings is 2. The predicted molar refractivity (Wildman–Crippen MR) is 131 cm³/mol. The molecule has 6 nitrogen and oxygen atoms in total. The summed E-state index contributed by atoms with van der Waals surface area (Å²) in [7, 11) is 0. The minimum atomic E-state index is -1.23. The van der Waals surface area contributed by atoms with E-state index >= 15 is 0 Å². The lowest BCUT2D eigenvalue weighted by Crippen LogP contribution is -2.30. The van der Waals surface area contributed by atoms with Crippen LogP contribution in [0.2, 0.25) is 5.02 Å². The van der Waals surface area contributed by atoms with Crippen LogP contribution < -0.4 is 11.1 Å². The minimum Gasteiger partial charge on any atom is -0.441 e. The second kappa shape index (κ2) is 9.85. The third kappa shape index (κ3) is 6.09. The van der Waals surface area contributed by atoms with Gasteiger partial charge in [0.15, 0.2) is 11.7 Å². The van der Waals surface area contributed by atoms with Crippen LogP contribution in [-0.4, -0.2) is 21.4 Å². The van der Waals surface area contributed by atoms with Gasteiger partial charge in [-0.1, -0.05) is 37.2 Å². The molecular formula is C25H27ClN4O2. The first-order chi connectivity index (χ1) is 15.2. The van der Waals surface area contributed by atoms with Gasteiger partial charge in [0.05, 0.1) is 11.9 Å². The molecule has 1 heterocycles. The Balaban J connectivity index is 1.77. The Hall–Kier alpha value is -3.35. The highest BCUT2D eigenvalue weighted by Gasteiger charge is 2.20. The van der Waals surface area contributed by atoms with Gasteiger partial charge in [-0.05, 0) is 61.9 Å². The second-order valence-electron chi connectivity index (χ2n) is 7.78. The molecule has 0 saturated heterocycles. The van der Waals surface area contributed by atoms with Crippen LogP contribution in [0.15, 0.2) is 82.6 Å². The van der Waals surface area contributed by atoms with E-state index in [1.807, 2.05) is 43.3 Å². The van der Waals surface area contributed by atoms with Gasteiger partial charge in [-0.3, -0.25) is 0 Å². The number of anilines is 1. The highest BCUT2D eigenvalue weighted by molar-refractivity contribution is 6.30. The lowest BCUT2D eigenvalue weighted by atomic mass is 10.00. The number of halogens is 1. The largest absolute Gasteiger partial charge is 0.441 e. The molecule has 0 aliphatic heterocycles. The minimum absolute atomic E-state index is 0.364. The zero-order valence-corrected chi connectivity index (χ0v) is 19.1. The molecule has 3 rings (SSSR count). The number of nitrogens with two attached hydrogens (primary N) is 1. The Labute approximate surface area is 193 Å². The summed E-state index contributed by atoms with van der Waals surface area (Å²) in [5, 5.41) is 14.3. The molecule has 0 bridgehead atoms. The van der Waals surface area contributed by atoms with Crippen LogP contribution in [0.4, 0.5) is 5.69 Å². The lowest BCUT2D eigenvalue weighted by molar-refractivity contribution is 0.155. The van der Waals surface area contributed by atoms with E-state index in [0.717, 1.165) is 29.0 Å². The quantitative estimate of drug-likeness (QED) is 0.385. The number of hydrogen-bond acceptors (Lipinski definition) is 6. The van der Waals surface area contributed by atoms with Crippen molar-refractivity contribution in [2.24, 2.45) is 10.7 Å². The first kappa shape index (κ1) is 23.3. The maximum absolute atomic E-state index is 10.6. The normalized spacial score (nSPS) is 12.7. The van der Waals surface area contributed by atoms with Crippen LogP contribution in [0.1, 0.15) is 32.2 Å². The van der Waals surface area contributed by atoms with Gasteiger partial charge in [-0.25, -0.2) is 9.98 Å². The average Bonchev–Trinajstić information content (AvgIpc) is 3.23. The van der Waals surface area contributed by atoms with Gasteiger partial charge in [-0.15, -0.1) is 0 Å². The third-order valence-electron chi connectivity index (χ3n) is 4.67. The van der Waals surface area contributed by atoms with Crippen molar-refractivity contribution in [3.05, 3.63) is 89.7 Å². The Morgan fingerprint density at radius 3 is 2.44 bits per heavy atom. The van der Waals surface area contributed by atoms with Crippen molar-refractivity contribution in [2.45, 2.75) is 32.8 Å². The lowest BCUT2D eigenvalue weighted by Gasteiger charge is -2.19. The Morgan fingerprint density at radius 1 is 1.22 bits per heavy atom. The SMILES string of the molecule is C=C(N=C(/C=C(\N)c1ccc(Cl)cc1)C(C)(C)O)Nc1ccc(-c2cnc(CC)o2)cc1. The first-order valence-corrected chi connectivity index (χ1v) is 10.6. The fourth-order valence-corrected chi connectivity index (χ4v) is 3.01. The van der Waals surface area contributed by atoms with Gasteiger partial charge in [-0.2, -0.15) is 0 Å². The topological polar surface area (TPSA) is 96.7 Å². The van der Waals surface area contributed by atoms with Gasteiger partial charge < -0.3 is 20.6 Å². The van der Waals surface area contributed by atoms with E-state index in [4.69, 9.17) is 21.8 Å². The summed E-state index contributed by atoms with van der Waals surface area (Å²) in [5.41, 5.74) is 8.31. The summed E-state index contributed by atoms with van der Waals surface area (Å²) in [6, 6.07) is 14.8. The Morgan fingerprint density at radius 2 is 1.88 bits per heavy atom. The van der Waals surface area contributed by atoms with E-state index in [1.54, 1.807) is 38.3 Å². The number of hydrogen-bond donors (Lipinski definition) is 3. The van der Waals surface area contributed by atoms with E-state index in [2.05, 4.69) is 21.9 Å². The highest BCUT2D eigenvalue weighted by Crippen LogP contribution is 2.23.